The van der Waals surface area contributed by atoms with Gasteiger partial charge in [-0.25, -0.2) is 9.78 Å². The van der Waals surface area contributed by atoms with E-state index in [4.69, 9.17) is 9.84 Å². The number of anilines is 1. The Kier molecular flexibility index (Phi) is 3.30. The second-order valence-electron chi connectivity index (χ2n) is 6.80. The lowest BCUT2D eigenvalue weighted by molar-refractivity contribution is -0.119. The second-order valence-corrected chi connectivity index (χ2v) is 6.80. The molecule has 3 aromatic rings. The number of aromatic carboxylic acids is 1. The first-order chi connectivity index (χ1) is 12.3. The molecular formula is C19H17N3O4. The van der Waals surface area contributed by atoms with Crippen molar-refractivity contribution in [3.63, 3.8) is 0 Å². The summed E-state index contributed by atoms with van der Waals surface area (Å²) in [5, 5.41) is 12.0. The van der Waals surface area contributed by atoms with E-state index < -0.39 is 11.4 Å². The standard InChI is InChI=1S/C19H17N3O4/c1-19(2)11-7-13-14(8-12(11)22-18(19)25)21-16(20-13)10-5-4-9(17(23)24)6-15(10)26-3/h4-8H,1-3H3,(H,20,21)(H,22,25)(H,23,24). The number of carbonyl (C=O) groups is 2. The smallest absolute Gasteiger partial charge is 0.335 e. The number of fused-ring (bicyclic) bond motifs is 2. The lowest BCUT2D eigenvalue weighted by atomic mass is 9.86. The van der Waals surface area contributed by atoms with Gasteiger partial charge in [-0.05, 0) is 49.7 Å². The van der Waals surface area contributed by atoms with Crippen LogP contribution in [0.4, 0.5) is 5.69 Å². The molecule has 0 atom stereocenters. The third kappa shape index (κ3) is 2.24. The topological polar surface area (TPSA) is 104 Å². The van der Waals surface area contributed by atoms with Crippen LogP contribution in [0, 0.1) is 0 Å². The maximum atomic E-state index is 12.1. The molecule has 0 saturated heterocycles. The fourth-order valence-corrected chi connectivity index (χ4v) is 3.23. The van der Waals surface area contributed by atoms with Crippen LogP contribution in [0.2, 0.25) is 0 Å². The molecule has 0 spiro atoms. The molecule has 1 aromatic heterocycles. The molecule has 0 aliphatic carbocycles. The molecule has 132 valence electrons. The van der Waals surface area contributed by atoms with Crippen molar-refractivity contribution >= 4 is 28.6 Å². The summed E-state index contributed by atoms with van der Waals surface area (Å²) in [7, 11) is 1.49. The van der Waals surface area contributed by atoms with Crippen LogP contribution in [0.3, 0.4) is 0 Å². The molecule has 0 fully saturated rings. The minimum atomic E-state index is -1.02. The van der Waals surface area contributed by atoms with Gasteiger partial charge in [0, 0.05) is 5.69 Å². The van der Waals surface area contributed by atoms with E-state index in [0.29, 0.717) is 17.1 Å². The molecule has 7 nitrogen and oxygen atoms in total. The molecule has 7 heteroatoms. The van der Waals surface area contributed by atoms with E-state index in [1.54, 1.807) is 6.07 Å². The van der Waals surface area contributed by atoms with Crippen LogP contribution in [-0.4, -0.2) is 34.1 Å². The fourth-order valence-electron chi connectivity index (χ4n) is 3.23. The monoisotopic (exact) mass is 351 g/mol. The van der Waals surface area contributed by atoms with Gasteiger partial charge in [0.1, 0.15) is 11.6 Å². The molecule has 1 aliphatic heterocycles. The number of amides is 1. The summed E-state index contributed by atoms with van der Waals surface area (Å²) in [5.74, 6) is -0.0631. The molecule has 0 unspecified atom stereocenters. The zero-order chi connectivity index (χ0) is 18.6. The molecule has 0 radical (unpaired) electrons. The number of carboxylic acid groups (broad SMARTS) is 1. The summed E-state index contributed by atoms with van der Waals surface area (Å²) >= 11 is 0. The number of ether oxygens (including phenoxy) is 1. The number of hydrogen-bond donors (Lipinski definition) is 3. The van der Waals surface area contributed by atoms with Crippen LogP contribution in [0.1, 0.15) is 29.8 Å². The zero-order valence-electron chi connectivity index (χ0n) is 14.5. The first-order valence-electron chi connectivity index (χ1n) is 8.08. The maximum absolute atomic E-state index is 12.1. The van der Waals surface area contributed by atoms with Crippen LogP contribution >= 0.6 is 0 Å². The van der Waals surface area contributed by atoms with Crippen molar-refractivity contribution in [2.45, 2.75) is 19.3 Å². The van der Waals surface area contributed by atoms with Crippen LogP contribution in [-0.2, 0) is 10.2 Å². The number of methoxy groups -OCH3 is 1. The van der Waals surface area contributed by atoms with Gasteiger partial charge in [0.05, 0.1) is 34.7 Å². The quantitative estimate of drug-likeness (QED) is 0.672. The molecule has 2 aromatic carbocycles. The summed E-state index contributed by atoms with van der Waals surface area (Å²) in [6, 6.07) is 8.41. The van der Waals surface area contributed by atoms with Crippen molar-refractivity contribution in [2.24, 2.45) is 0 Å². The Morgan fingerprint density at radius 1 is 1.23 bits per heavy atom. The van der Waals surface area contributed by atoms with E-state index in [9.17, 15) is 9.59 Å². The summed E-state index contributed by atoms with van der Waals surface area (Å²) in [6.45, 7) is 3.75. The molecule has 26 heavy (non-hydrogen) atoms. The highest BCUT2D eigenvalue weighted by molar-refractivity contribution is 6.07. The Bertz CT molecular complexity index is 1080. The third-order valence-corrected chi connectivity index (χ3v) is 4.81. The lowest BCUT2D eigenvalue weighted by Gasteiger charge is -2.14. The number of nitrogens with zero attached hydrogens (tertiary/aromatic N) is 1. The van der Waals surface area contributed by atoms with Crippen LogP contribution < -0.4 is 10.1 Å². The number of imidazole rings is 1. The van der Waals surface area contributed by atoms with Crippen molar-refractivity contribution in [3.8, 4) is 17.1 Å². The average molecular weight is 351 g/mol. The van der Waals surface area contributed by atoms with Gasteiger partial charge in [0.25, 0.3) is 0 Å². The van der Waals surface area contributed by atoms with Gasteiger partial charge >= 0.3 is 5.97 Å². The Morgan fingerprint density at radius 2 is 2.00 bits per heavy atom. The number of carbonyl (C=O) groups excluding carboxylic acids is 1. The number of benzene rings is 2. The number of H-pyrrole nitrogens is 1. The molecule has 4 rings (SSSR count). The summed E-state index contributed by atoms with van der Waals surface area (Å²) < 4.78 is 5.33. The minimum absolute atomic E-state index is 0.0358. The predicted molar refractivity (Wildman–Crippen MR) is 96.7 cm³/mol. The highest BCUT2D eigenvalue weighted by Gasteiger charge is 2.38. The molecule has 1 aliphatic rings. The van der Waals surface area contributed by atoms with Crippen LogP contribution in [0.15, 0.2) is 30.3 Å². The van der Waals surface area contributed by atoms with Gasteiger partial charge in [-0.3, -0.25) is 4.79 Å². The highest BCUT2D eigenvalue weighted by Crippen LogP contribution is 2.40. The third-order valence-electron chi connectivity index (χ3n) is 4.81. The number of aromatic nitrogens is 2. The van der Waals surface area contributed by atoms with E-state index in [1.165, 1.54) is 19.2 Å². The van der Waals surface area contributed by atoms with E-state index in [-0.39, 0.29) is 11.5 Å². The van der Waals surface area contributed by atoms with Crippen LogP contribution in [0.5, 0.6) is 5.75 Å². The van der Waals surface area contributed by atoms with Crippen molar-refractivity contribution in [1.29, 1.82) is 0 Å². The number of hydrogen-bond acceptors (Lipinski definition) is 4. The fraction of sp³-hybridized carbons (Fsp3) is 0.211. The van der Waals surface area contributed by atoms with Crippen LogP contribution in [0.25, 0.3) is 22.4 Å². The first-order valence-corrected chi connectivity index (χ1v) is 8.08. The molecular weight excluding hydrogens is 334 g/mol. The molecule has 0 bridgehead atoms. The predicted octanol–water partition coefficient (Wildman–Crippen LogP) is 3.17. The Hall–Kier alpha value is -3.35. The van der Waals surface area contributed by atoms with E-state index in [1.807, 2.05) is 26.0 Å². The lowest BCUT2D eigenvalue weighted by Crippen LogP contribution is -2.26. The normalized spacial score (nSPS) is 15.0. The Morgan fingerprint density at radius 3 is 2.69 bits per heavy atom. The molecule has 0 saturated carbocycles. The van der Waals surface area contributed by atoms with Crippen molar-refractivity contribution in [1.82, 2.24) is 9.97 Å². The number of aromatic amines is 1. The SMILES string of the molecule is COc1cc(C(=O)O)ccc1-c1nc2cc3c(cc2[nH]1)NC(=O)C3(C)C. The molecule has 3 N–H and O–H groups in total. The number of nitrogens with one attached hydrogen (secondary N) is 2. The summed E-state index contributed by atoms with van der Waals surface area (Å²) in [5.41, 5.74) is 3.39. The summed E-state index contributed by atoms with van der Waals surface area (Å²) in [6.07, 6.45) is 0. The highest BCUT2D eigenvalue weighted by atomic mass is 16.5. The van der Waals surface area contributed by atoms with Crippen molar-refractivity contribution in [2.75, 3.05) is 12.4 Å². The van der Waals surface area contributed by atoms with Gasteiger partial charge in [-0.15, -0.1) is 0 Å². The first kappa shape index (κ1) is 16.1. The van der Waals surface area contributed by atoms with E-state index in [0.717, 1.165) is 22.3 Å². The van der Waals surface area contributed by atoms with Gasteiger partial charge in [-0.2, -0.15) is 0 Å². The minimum Gasteiger partial charge on any atom is -0.496 e. The van der Waals surface area contributed by atoms with Gasteiger partial charge in [0.2, 0.25) is 5.91 Å². The molecule has 2 heterocycles. The maximum Gasteiger partial charge on any atom is 0.335 e. The largest absolute Gasteiger partial charge is 0.496 e. The number of carboxylic acids is 1. The van der Waals surface area contributed by atoms with Gasteiger partial charge in [-0.1, -0.05) is 0 Å². The van der Waals surface area contributed by atoms with Crippen molar-refractivity contribution in [3.05, 3.63) is 41.5 Å². The summed E-state index contributed by atoms with van der Waals surface area (Å²) in [4.78, 5) is 31.1. The Balaban J connectivity index is 1.85. The average Bonchev–Trinajstić information content (AvgIpc) is 3.11. The van der Waals surface area contributed by atoms with E-state index in [2.05, 4.69) is 15.3 Å². The second kappa shape index (κ2) is 5.32. The number of rotatable bonds is 3. The zero-order valence-corrected chi connectivity index (χ0v) is 14.5. The van der Waals surface area contributed by atoms with Gasteiger partial charge < -0.3 is 20.1 Å². The van der Waals surface area contributed by atoms with E-state index >= 15 is 0 Å². The Labute approximate surface area is 149 Å². The van der Waals surface area contributed by atoms with Crippen molar-refractivity contribution < 1.29 is 19.4 Å². The molecule has 1 amide bonds. The van der Waals surface area contributed by atoms with Gasteiger partial charge in [0.15, 0.2) is 0 Å².